The van der Waals surface area contributed by atoms with E-state index in [1.54, 1.807) is 36.4 Å². The van der Waals surface area contributed by atoms with Gasteiger partial charge in [-0.1, -0.05) is 66.7 Å². The van der Waals surface area contributed by atoms with Gasteiger partial charge in [0.05, 0.1) is 18.0 Å². The van der Waals surface area contributed by atoms with Crippen LogP contribution in [0.4, 0.5) is 10.5 Å². The number of ether oxygens (including phenoxy) is 1. The first-order valence-corrected chi connectivity index (χ1v) is 13.7. The molecule has 0 heterocycles. The molecule has 0 unspecified atom stereocenters. The smallest absolute Gasteiger partial charge is 0.420 e. The first-order valence-electron chi connectivity index (χ1n) is 12.9. The van der Waals surface area contributed by atoms with Crippen molar-refractivity contribution in [2.45, 2.75) is 51.0 Å². The van der Waals surface area contributed by atoms with Crippen LogP contribution >= 0.6 is 23.2 Å². The van der Waals surface area contributed by atoms with E-state index in [4.69, 9.17) is 33.0 Å². The molecule has 4 rings (SSSR count). The highest BCUT2D eigenvalue weighted by atomic mass is 35.5. The van der Waals surface area contributed by atoms with Crippen molar-refractivity contribution in [3.05, 3.63) is 93.5 Å². The first kappa shape index (κ1) is 28.5. The second-order valence-electron chi connectivity index (χ2n) is 9.55. The van der Waals surface area contributed by atoms with E-state index in [9.17, 15) is 14.4 Å². The number of hydrogen-bond donors (Lipinski definition) is 2. The number of carboxylic acid groups (broad SMARTS) is 1. The van der Waals surface area contributed by atoms with E-state index in [0.717, 1.165) is 5.56 Å². The molecule has 0 bridgehead atoms. The van der Waals surface area contributed by atoms with Crippen LogP contribution in [0.3, 0.4) is 0 Å². The van der Waals surface area contributed by atoms with E-state index >= 15 is 0 Å². The molecule has 2 amide bonds. The lowest BCUT2D eigenvalue weighted by atomic mass is 9.84. The van der Waals surface area contributed by atoms with Crippen LogP contribution in [0.5, 0.6) is 5.75 Å². The molecule has 3 aromatic carbocycles. The van der Waals surface area contributed by atoms with E-state index in [1.165, 1.54) is 48.6 Å². The summed E-state index contributed by atoms with van der Waals surface area (Å²) in [5.74, 6) is -0.613. The van der Waals surface area contributed by atoms with Crippen molar-refractivity contribution < 1.29 is 24.2 Å². The van der Waals surface area contributed by atoms with E-state index in [2.05, 4.69) is 17.4 Å². The third kappa shape index (κ3) is 7.97. The van der Waals surface area contributed by atoms with Gasteiger partial charge >= 0.3 is 12.1 Å². The minimum atomic E-state index is -0.982. The van der Waals surface area contributed by atoms with Crippen molar-refractivity contribution in [3.8, 4) is 5.75 Å². The molecule has 0 spiro atoms. The maximum Gasteiger partial charge on any atom is 0.420 e. The van der Waals surface area contributed by atoms with Crippen molar-refractivity contribution in [1.82, 2.24) is 5.32 Å². The van der Waals surface area contributed by atoms with Gasteiger partial charge in [-0.3, -0.25) is 14.5 Å². The first-order chi connectivity index (χ1) is 18.8. The molecule has 1 fully saturated rings. The van der Waals surface area contributed by atoms with Gasteiger partial charge in [-0.25, -0.2) is 4.79 Å². The monoisotopic (exact) mass is 568 g/mol. The molecule has 0 saturated heterocycles. The average molecular weight is 569 g/mol. The van der Waals surface area contributed by atoms with Crippen molar-refractivity contribution in [1.29, 1.82) is 0 Å². The summed E-state index contributed by atoms with van der Waals surface area (Å²) < 4.78 is 5.65. The standard InChI is InChI=1S/C30H30Cl2N2O5/c31-24-12-15-27(26(32)18-24)39-30(38)34(25-13-10-22(11-14-25)21-4-2-1-3-5-21)19-20-6-8-23(9-7-20)29(37)33-17-16-28(35)36/h6-15,18,21H,1-5,16-17,19H2,(H,33,37)(H,35,36). The summed E-state index contributed by atoms with van der Waals surface area (Å²) in [5.41, 5.74) is 3.10. The highest BCUT2D eigenvalue weighted by Crippen LogP contribution is 2.34. The van der Waals surface area contributed by atoms with E-state index < -0.39 is 12.1 Å². The number of carbonyl (C=O) groups excluding carboxylic acids is 2. The zero-order valence-corrected chi connectivity index (χ0v) is 22.9. The van der Waals surface area contributed by atoms with E-state index in [-0.39, 0.29) is 36.2 Å². The quantitative estimate of drug-likeness (QED) is 0.279. The summed E-state index contributed by atoms with van der Waals surface area (Å²) in [5, 5.41) is 12.0. The fraction of sp³-hybridized carbons (Fsp3) is 0.300. The summed E-state index contributed by atoms with van der Waals surface area (Å²) in [6, 6.07) is 19.4. The van der Waals surface area contributed by atoms with Gasteiger partial charge in [-0.2, -0.15) is 0 Å². The molecular weight excluding hydrogens is 539 g/mol. The van der Waals surface area contributed by atoms with Crippen molar-refractivity contribution in [2.75, 3.05) is 11.4 Å². The number of nitrogens with zero attached hydrogens (tertiary/aromatic N) is 1. The van der Waals surface area contributed by atoms with Gasteiger partial charge in [0.15, 0.2) is 5.75 Å². The third-order valence-electron chi connectivity index (χ3n) is 6.77. The number of amides is 2. The summed E-state index contributed by atoms with van der Waals surface area (Å²) in [6.07, 6.45) is 5.34. The molecule has 0 radical (unpaired) electrons. The highest BCUT2D eigenvalue weighted by molar-refractivity contribution is 6.35. The number of nitrogens with one attached hydrogen (secondary N) is 1. The normalized spacial score (nSPS) is 13.5. The topological polar surface area (TPSA) is 95.9 Å². The Bertz CT molecular complexity index is 1310. The van der Waals surface area contributed by atoms with Gasteiger partial charge in [-0.05, 0) is 72.4 Å². The number of carboxylic acids is 1. The van der Waals surface area contributed by atoms with Gasteiger partial charge in [0.1, 0.15) is 0 Å². The number of halogens is 2. The number of carbonyl (C=O) groups is 3. The zero-order chi connectivity index (χ0) is 27.8. The molecular formula is C30H30Cl2N2O5. The summed E-state index contributed by atoms with van der Waals surface area (Å²) in [7, 11) is 0. The Balaban J connectivity index is 1.53. The zero-order valence-electron chi connectivity index (χ0n) is 21.4. The largest absolute Gasteiger partial charge is 0.481 e. The number of anilines is 1. The minimum absolute atomic E-state index is 0.0413. The van der Waals surface area contributed by atoms with E-state index in [1.807, 2.05) is 12.1 Å². The Hall–Kier alpha value is -3.55. The minimum Gasteiger partial charge on any atom is -0.481 e. The Morgan fingerprint density at radius 2 is 1.62 bits per heavy atom. The molecule has 39 heavy (non-hydrogen) atoms. The summed E-state index contributed by atoms with van der Waals surface area (Å²) in [6.45, 7) is 0.230. The second kappa shape index (κ2) is 13.5. The molecule has 3 aromatic rings. The third-order valence-corrected chi connectivity index (χ3v) is 7.30. The lowest BCUT2D eigenvalue weighted by Crippen LogP contribution is -2.33. The lowest BCUT2D eigenvalue weighted by Gasteiger charge is -2.25. The Morgan fingerprint density at radius 1 is 0.923 bits per heavy atom. The van der Waals surface area contributed by atoms with Gasteiger partial charge in [-0.15, -0.1) is 0 Å². The summed E-state index contributed by atoms with van der Waals surface area (Å²) in [4.78, 5) is 37.9. The van der Waals surface area contributed by atoms with Gasteiger partial charge in [0.2, 0.25) is 0 Å². The van der Waals surface area contributed by atoms with E-state index in [0.29, 0.717) is 22.2 Å². The average Bonchev–Trinajstić information content (AvgIpc) is 2.94. The maximum atomic E-state index is 13.4. The SMILES string of the molecule is O=C(O)CCNC(=O)c1ccc(CN(C(=O)Oc2ccc(Cl)cc2Cl)c2ccc(C3CCCCC3)cc2)cc1. The lowest BCUT2D eigenvalue weighted by molar-refractivity contribution is -0.136. The van der Waals surface area contributed by atoms with Crippen LogP contribution in [0.25, 0.3) is 0 Å². The van der Waals surface area contributed by atoms with Crippen LogP contribution in [-0.2, 0) is 11.3 Å². The Kier molecular flexibility index (Phi) is 9.85. The molecule has 2 N–H and O–H groups in total. The van der Waals surface area contributed by atoms with Crippen molar-refractivity contribution >= 4 is 46.9 Å². The molecule has 1 aliphatic rings. The molecule has 0 aliphatic heterocycles. The maximum absolute atomic E-state index is 13.4. The number of hydrogen-bond acceptors (Lipinski definition) is 4. The molecule has 0 atom stereocenters. The van der Waals surface area contributed by atoms with Crippen LogP contribution in [-0.4, -0.2) is 29.6 Å². The van der Waals surface area contributed by atoms with Crippen LogP contribution in [0.1, 0.15) is 65.9 Å². The fourth-order valence-electron chi connectivity index (χ4n) is 4.66. The Morgan fingerprint density at radius 3 is 2.26 bits per heavy atom. The number of aliphatic carboxylic acids is 1. The number of benzene rings is 3. The van der Waals surface area contributed by atoms with Gasteiger partial charge < -0.3 is 15.2 Å². The molecule has 1 saturated carbocycles. The van der Waals surface area contributed by atoms with Crippen LogP contribution in [0.2, 0.25) is 10.0 Å². The Labute approximate surface area is 237 Å². The molecule has 204 valence electrons. The fourth-order valence-corrected chi connectivity index (χ4v) is 5.11. The molecule has 9 heteroatoms. The van der Waals surface area contributed by atoms with Crippen molar-refractivity contribution in [2.24, 2.45) is 0 Å². The second-order valence-corrected chi connectivity index (χ2v) is 10.4. The van der Waals surface area contributed by atoms with Crippen LogP contribution in [0.15, 0.2) is 66.7 Å². The van der Waals surface area contributed by atoms with Crippen LogP contribution < -0.4 is 15.0 Å². The van der Waals surface area contributed by atoms with Crippen LogP contribution in [0, 0.1) is 0 Å². The number of rotatable bonds is 9. The highest BCUT2D eigenvalue weighted by Gasteiger charge is 2.22. The van der Waals surface area contributed by atoms with Crippen molar-refractivity contribution in [3.63, 3.8) is 0 Å². The summed E-state index contributed by atoms with van der Waals surface area (Å²) >= 11 is 12.2. The molecule has 0 aromatic heterocycles. The predicted molar refractivity (Wildman–Crippen MR) is 152 cm³/mol. The van der Waals surface area contributed by atoms with Gasteiger partial charge in [0, 0.05) is 22.8 Å². The van der Waals surface area contributed by atoms with Gasteiger partial charge in [0.25, 0.3) is 5.91 Å². The molecule has 7 nitrogen and oxygen atoms in total. The predicted octanol–water partition coefficient (Wildman–Crippen LogP) is 7.45. The molecule has 1 aliphatic carbocycles.